The predicted octanol–water partition coefficient (Wildman–Crippen LogP) is 2.79. The van der Waals surface area contributed by atoms with E-state index < -0.39 is 23.8 Å². The molecule has 0 aromatic heterocycles. The summed E-state index contributed by atoms with van der Waals surface area (Å²) in [5.41, 5.74) is 5.10. The van der Waals surface area contributed by atoms with Gasteiger partial charge in [-0.15, -0.1) is 0 Å². The van der Waals surface area contributed by atoms with E-state index in [1.807, 2.05) is 0 Å². The van der Waals surface area contributed by atoms with E-state index >= 15 is 0 Å². The lowest BCUT2D eigenvalue weighted by Gasteiger charge is -2.21. The number of benzene rings is 1. The number of hydrogen-bond donors (Lipinski definition) is 1. The number of ether oxygens (including phenoxy) is 1. The average Bonchev–Trinajstić information content (AvgIpc) is 2.32. The normalized spacial score (nSPS) is 13.2. The van der Waals surface area contributed by atoms with Gasteiger partial charge in [-0.3, -0.25) is 0 Å². The van der Waals surface area contributed by atoms with Crippen molar-refractivity contribution in [3.63, 3.8) is 0 Å². The van der Waals surface area contributed by atoms with Gasteiger partial charge in [-0.05, 0) is 40.5 Å². The molecule has 0 bridgehead atoms. The van der Waals surface area contributed by atoms with Crippen LogP contribution in [0.4, 0.5) is 13.2 Å². The van der Waals surface area contributed by atoms with Gasteiger partial charge in [0.2, 0.25) is 0 Å². The Hall–Kier alpha value is -1.08. The van der Waals surface area contributed by atoms with Crippen LogP contribution in [0.15, 0.2) is 22.7 Å². The number of rotatable bonds is 4. The summed E-state index contributed by atoms with van der Waals surface area (Å²) in [6, 6.07) is 1.35. The van der Waals surface area contributed by atoms with E-state index in [9.17, 15) is 18.0 Å². The molecule has 2 N–H and O–H groups in total. The van der Waals surface area contributed by atoms with Crippen LogP contribution in [0.5, 0.6) is 0 Å². The first-order valence-electron chi connectivity index (χ1n) is 5.06. The zero-order valence-corrected chi connectivity index (χ0v) is 11.0. The van der Waals surface area contributed by atoms with Gasteiger partial charge in [-0.25, -0.2) is 9.18 Å². The summed E-state index contributed by atoms with van der Waals surface area (Å²) in [6.07, 6.45) is 0. The van der Waals surface area contributed by atoms with Crippen molar-refractivity contribution >= 4 is 21.9 Å². The molecule has 18 heavy (non-hydrogen) atoms. The lowest BCUT2D eigenvalue weighted by atomic mass is 10.0. The zero-order valence-electron chi connectivity index (χ0n) is 9.42. The maximum Gasteiger partial charge on any atom is 0.379 e. The van der Waals surface area contributed by atoms with Crippen LogP contribution in [-0.4, -0.2) is 18.5 Å². The van der Waals surface area contributed by atoms with Crippen molar-refractivity contribution in [3.8, 4) is 0 Å². The van der Waals surface area contributed by atoms with Gasteiger partial charge in [-0.2, -0.15) is 8.78 Å². The average molecular weight is 326 g/mol. The number of carbonyl (C=O) groups is 1. The molecule has 0 amide bonds. The molecule has 100 valence electrons. The summed E-state index contributed by atoms with van der Waals surface area (Å²) in [5.74, 6) is -6.36. The molecular weight excluding hydrogens is 315 g/mol. The molecule has 1 aromatic carbocycles. The van der Waals surface area contributed by atoms with Gasteiger partial charge >= 0.3 is 11.9 Å². The maximum atomic E-state index is 13.6. The van der Waals surface area contributed by atoms with Gasteiger partial charge in [-0.1, -0.05) is 6.07 Å². The Morgan fingerprint density at radius 2 is 2.17 bits per heavy atom. The highest BCUT2D eigenvalue weighted by atomic mass is 79.9. The molecule has 0 spiro atoms. The third kappa shape index (κ3) is 3.02. The molecule has 3 nitrogen and oxygen atoms in total. The molecule has 1 atom stereocenters. The van der Waals surface area contributed by atoms with E-state index in [1.54, 1.807) is 0 Å². The Balaban J connectivity index is 3.01. The lowest BCUT2D eigenvalue weighted by molar-refractivity contribution is -0.174. The van der Waals surface area contributed by atoms with Crippen molar-refractivity contribution in [1.82, 2.24) is 0 Å². The predicted molar refractivity (Wildman–Crippen MR) is 62.6 cm³/mol. The van der Waals surface area contributed by atoms with E-state index in [-0.39, 0.29) is 16.6 Å². The van der Waals surface area contributed by atoms with Crippen LogP contribution in [0.2, 0.25) is 0 Å². The molecule has 0 aliphatic carbocycles. The zero-order chi connectivity index (χ0) is 13.9. The monoisotopic (exact) mass is 325 g/mol. The van der Waals surface area contributed by atoms with E-state index in [2.05, 4.69) is 20.7 Å². The molecule has 0 aliphatic heterocycles. The molecule has 0 saturated carbocycles. The summed E-state index contributed by atoms with van der Waals surface area (Å²) < 4.78 is 44.7. The fraction of sp³-hybridized carbons (Fsp3) is 0.364. The van der Waals surface area contributed by atoms with E-state index in [1.165, 1.54) is 19.1 Å². The molecule has 0 aliphatic rings. The number of carbonyl (C=O) groups excluding carboxylic acids is 1. The van der Waals surface area contributed by atoms with Crippen molar-refractivity contribution in [3.05, 3.63) is 34.1 Å². The minimum Gasteiger partial charge on any atom is -0.462 e. The third-order valence-corrected chi connectivity index (χ3v) is 2.88. The Morgan fingerprint density at radius 1 is 1.56 bits per heavy atom. The first-order valence-corrected chi connectivity index (χ1v) is 5.85. The Morgan fingerprint density at radius 3 is 2.67 bits per heavy atom. The first-order chi connectivity index (χ1) is 8.30. The van der Waals surface area contributed by atoms with Gasteiger partial charge < -0.3 is 10.5 Å². The fourth-order valence-electron chi connectivity index (χ4n) is 1.27. The van der Waals surface area contributed by atoms with Crippen molar-refractivity contribution in [2.75, 3.05) is 6.61 Å². The van der Waals surface area contributed by atoms with Crippen LogP contribution in [0.1, 0.15) is 18.5 Å². The molecular formula is C11H11BrF3NO2. The largest absolute Gasteiger partial charge is 0.462 e. The topological polar surface area (TPSA) is 52.3 Å². The summed E-state index contributed by atoms with van der Waals surface area (Å²) in [4.78, 5) is 11.1. The fourth-order valence-corrected chi connectivity index (χ4v) is 1.52. The summed E-state index contributed by atoms with van der Waals surface area (Å²) >= 11 is 2.89. The minimum atomic E-state index is -3.91. The second kappa shape index (κ2) is 5.71. The number of alkyl halides is 2. The van der Waals surface area contributed by atoms with Crippen LogP contribution < -0.4 is 5.73 Å². The second-order valence-electron chi connectivity index (χ2n) is 3.49. The molecule has 1 rings (SSSR count). The van der Waals surface area contributed by atoms with Crippen LogP contribution in [0.3, 0.4) is 0 Å². The van der Waals surface area contributed by atoms with Crippen molar-refractivity contribution < 1.29 is 22.7 Å². The van der Waals surface area contributed by atoms with Gasteiger partial charge in [0.15, 0.2) is 0 Å². The highest BCUT2D eigenvalue weighted by Gasteiger charge is 2.47. The quantitative estimate of drug-likeness (QED) is 0.866. The molecule has 0 saturated heterocycles. The van der Waals surface area contributed by atoms with Gasteiger partial charge in [0, 0.05) is 0 Å². The SMILES string of the molecule is CCOC(=O)C(F)(F)[C@@H](N)c1ccc(Br)c(F)c1. The Bertz CT molecular complexity index is 454. The van der Waals surface area contributed by atoms with Crippen LogP contribution in [0, 0.1) is 5.82 Å². The summed E-state index contributed by atoms with van der Waals surface area (Å²) in [5, 5.41) is 0. The molecule has 7 heteroatoms. The summed E-state index contributed by atoms with van der Waals surface area (Å²) in [7, 11) is 0. The highest BCUT2D eigenvalue weighted by molar-refractivity contribution is 9.10. The van der Waals surface area contributed by atoms with E-state index in [0.29, 0.717) is 0 Å². The summed E-state index contributed by atoms with van der Waals surface area (Å²) in [6.45, 7) is 1.22. The van der Waals surface area contributed by atoms with Crippen LogP contribution in [-0.2, 0) is 9.53 Å². The van der Waals surface area contributed by atoms with Gasteiger partial charge in [0.05, 0.1) is 11.1 Å². The van der Waals surface area contributed by atoms with Crippen molar-refractivity contribution in [2.45, 2.75) is 18.9 Å². The van der Waals surface area contributed by atoms with Gasteiger partial charge in [0.1, 0.15) is 11.9 Å². The number of halogens is 4. The lowest BCUT2D eigenvalue weighted by Crippen LogP contribution is -2.41. The maximum absolute atomic E-state index is 13.6. The van der Waals surface area contributed by atoms with E-state index in [4.69, 9.17) is 5.73 Å². The Kier molecular flexibility index (Phi) is 4.75. The smallest absolute Gasteiger partial charge is 0.379 e. The third-order valence-electron chi connectivity index (χ3n) is 2.24. The molecule has 0 heterocycles. The number of hydrogen-bond acceptors (Lipinski definition) is 3. The van der Waals surface area contributed by atoms with Crippen molar-refractivity contribution in [1.29, 1.82) is 0 Å². The van der Waals surface area contributed by atoms with Gasteiger partial charge in [0.25, 0.3) is 0 Å². The molecule has 1 aromatic rings. The Labute approximate surface area is 110 Å². The minimum absolute atomic E-state index is 0.123. The van der Waals surface area contributed by atoms with Crippen molar-refractivity contribution in [2.24, 2.45) is 5.73 Å². The number of nitrogens with two attached hydrogens (primary N) is 1. The van der Waals surface area contributed by atoms with E-state index in [0.717, 1.165) is 6.07 Å². The first kappa shape index (κ1) is 15.0. The highest BCUT2D eigenvalue weighted by Crippen LogP contribution is 2.32. The molecule has 0 unspecified atom stereocenters. The standard InChI is InChI=1S/C11H11BrF3NO2/c1-2-18-10(17)11(14,15)9(16)6-3-4-7(12)8(13)5-6/h3-5,9H,2,16H2,1H3/t9-/m0/s1. The van der Waals surface area contributed by atoms with Crippen LogP contribution >= 0.6 is 15.9 Å². The number of esters is 1. The molecule has 0 radical (unpaired) electrons. The molecule has 0 fully saturated rings. The second-order valence-corrected chi connectivity index (χ2v) is 4.35. The van der Waals surface area contributed by atoms with Crippen LogP contribution in [0.25, 0.3) is 0 Å².